The Labute approximate surface area is 343 Å². The van der Waals surface area contributed by atoms with Crippen molar-refractivity contribution in [3.05, 3.63) is 41.5 Å². The molecule has 1 rings (SSSR count). The number of amides is 1. The molecule has 0 spiro atoms. The van der Waals surface area contributed by atoms with Gasteiger partial charge in [0.1, 0.15) is 11.6 Å². The monoisotopic (exact) mass is 822 g/mol. The fraction of sp³-hybridized carbons (Fsp3) is 0.659. The second-order valence-corrected chi connectivity index (χ2v) is 13.9. The predicted octanol–water partition coefficient (Wildman–Crippen LogP) is 3.57. The first-order valence-electron chi connectivity index (χ1n) is 20.0. The molecule has 0 saturated heterocycles. The molecule has 0 aromatic heterocycles. The van der Waals surface area contributed by atoms with Crippen LogP contribution in [0.3, 0.4) is 0 Å². The van der Waals surface area contributed by atoms with Crippen LogP contribution in [0.2, 0.25) is 0 Å². The third kappa shape index (κ3) is 24.2. The predicted molar refractivity (Wildman–Crippen MR) is 215 cm³/mol. The second kappa shape index (κ2) is 29.6. The van der Waals surface area contributed by atoms with Crippen molar-refractivity contribution in [2.24, 2.45) is 0 Å². The average molecular weight is 823 g/mol. The Balaban J connectivity index is 3.26. The minimum atomic E-state index is -0.816. The van der Waals surface area contributed by atoms with Crippen molar-refractivity contribution in [1.82, 2.24) is 20.2 Å². The summed E-state index contributed by atoms with van der Waals surface area (Å²) >= 11 is 0. The number of nitrogens with one attached hydrogen (secondary N) is 1. The first-order valence-corrected chi connectivity index (χ1v) is 20.0. The number of aryl methyl sites for hydroxylation is 1. The lowest BCUT2D eigenvalue weighted by Crippen LogP contribution is -2.50. The van der Waals surface area contributed by atoms with Crippen LogP contribution in [0, 0.1) is 0 Å². The van der Waals surface area contributed by atoms with Crippen LogP contribution in [0.15, 0.2) is 30.3 Å². The molecule has 1 unspecified atom stereocenters. The lowest BCUT2D eigenvalue weighted by Gasteiger charge is -2.33. The van der Waals surface area contributed by atoms with Gasteiger partial charge in [-0.05, 0) is 85.8 Å². The van der Waals surface area contributed by atoms with E-state index in [2.05, 4.69) is 5.48 Å². The van der Waals surface area contributed by atoms with Crippen LogP contribution in [0.4, 0.5) is 4.79 Å². The van der Waals surface area contributed by atoms with E-state index in [1.54, 1.807) is 65.2 Å². The molecule has 0 fully saturated rings. The molecule has 0 aliphatic carbocycles. The highest BCUT2D eigenvalue weighted by molar-refractivity contribution is 5.77. The summed E-state index contributed by atoms with van der Waals surface area (Å²) in [6, 6.07) is 7.06. The van der Waals surface area contributed by atoms with E-state index in [1.165, 1.54) is 0 Å². The molecule has 0 bridgehead atoms. The van der Waals surface area contributed by atoms with Crippen LogP contribution >= 0.6 is 0 Å². The van der Waals surface area contributed by atoms with Gasteiger partial charge in [0.25, 0.3) is 0 Å². The highest BCUT2D eigenvalue weighted by atomic mass is 16.7. The third-order valence-electron chi connectivity index (χ3n) is 7.95. The number of ether oxygens (including phenoxy) is 6. The Bertz CT molecular complexity index is 1330. The third-order valence-corrected chi connectivity index (χ3v) is 7.95. The van der Waals surface area contributed by atoms with Crippen molar-refractivity contribution in [2.45, 2.75) is 86.3 Å². The molecule has 17 heteroatoms. The zero-order chi connectivity index (χ0) is 43.3. The summed E-state index contributed by atoms with van der Waals surface area (Å²) < 4.78 is 31.2. The number of hydroxylamine groups is 1. The Kier molecular flexibility index (Phi) is 26.3. The first kappa shape index (κ1) is 51.4. The Morgan fingerprint density at radius 3 is 1.52 bits per heavy atom. The number of hydrogen-bond donors (Lipinski definition) is 1. The van der Waals surface area contributed by atoms with Crippen molar-refractivity contribution in [3.63, 3.8) is 0 Å². The number of hydrogen-bond acceptors (Lipinski definition) is 16. The number of rotatable bonds is 29. The summed E-state index contributed by atoms with van der Waals surface area (Å²) in [6.07, 6.45) is 4.72. The topological polar surface area (TPSA) is 189 Å². The summed E-state index contributed by atoms with van der Waals surface area (Å²) in [5.41, 5.74) is 3.62. The standard InChI is InChI=1S/C41H66N4O13/c1-9-52-35(46)28-43(29-36(47)53-10-2)23-25-45(26-24-44(30-37(48)54-11-3)31-38(49)55-12-4)34(39(50)56-13-5)18-14-16-32-19-21-33(22-20-32)17-15-27-57-42-40(51)58-41(6,7)8/h14,16,19-22,34H,9-13,15,17-18,23-31H2,1-8H3,(H,42,51). The van der Waals surface area contributed by atoms with Gasteiger partial charge >= 0.3 is 35.9 Å². The minimum Gasteiger partial charge on any atom is -0.465 e. The smallest absolute Gasteiger partial charge is 0.431 e. The van der Waals surface area contributed by atoms with E-state index < -0.39 is 47.6 Å². The zero-order valence-corrected chi connectivity index (χ0v) is 35.7. The molecule has 0 heterocycles. The molecule has 17 nitrogen and oxygen atoms in total. The van der Waals surface area contributed by atoms with E-state index in [-0.39, 0.29) is 91.8 Å². The average Bonchev–Trinajstić information content (AvgIpc) is 3.13. The van der Waals surface area contributed by atoms with Crippen LogP contribution in [0.25, 0.3) is 6.08 Å². The fourth-order valence-corrected chi connectivity index (χ4v) is 5.47. The zero-order valence-electron chi connectivity index (χ0n) is 35.7. The van der Waals surface area contributed by atoms with Crippen molar-refractivity contribution in [3.8, 4) is 0 Å². The van der Waals surface area contributed by atoms with Crippen molar-refractivity contribution in [1.29, 1.82) is 0 Å². The van der Waals surface area contributed by atoms with Gasteiger partial charge in [-0.2, -0.15) is 5.48 Å². The molecule has 0 aliphatic rings. The fourth-order valence-electron chi connectivity index (χ4n) is 5.47. The normalized spacial score (nSPS) is 12.1. The van der Waals surface area contributed by atoms with Crippen LogP contribution in [-0.2, 0) is 63.7 Å². The van der Waals surface area contributed by atoms with Gasteiger partial charge in [-0.3, -0.25) is 43.5 Å². The summed E-state index contributed by atoms with van der Waals surface area (Å²) in [6.45, 7) is 14.8. The molecule has 1 atom stereocenters. The summed E-state index contributed by atoms with van der Waals surface area (Å²) in [7, 11) is 0. The van der Waals surface area contributed by atoms with E-state index in [0.29, 0.717) is 19.4 Å². The van der Waals surface area contributed by atoms with E-state index in [0.717, 1.165) is 11.1 Å². The molecule has 0 aliphatic heterocycles. The highest BCUT2D eigenvalue weighted by Gasteiger charge is 2.29. The molecule has 328 valence electrons. The number of esters is 5. The van der Waals surface area contributed by atoms with Gasteiger partial charge in [-0.25, -0.2) is 4.79 Å². The van der Waals surface area contributed by atoms with Gasteiger partial charge in [-0.15, -0.1) is 0 Å². The molecule has 1 aromatic rings. The lowest BCUT2D eigenvalue weighted by molar-refractivity contribution is -0.152. The quantitative estimate of drug-likeness (QED) is 0.0534. The SMILES string of the molecule is CCOC(=O)CN(CCN(CCN(CC(=O)OCC)CC(=O)OCC)C(CC=Cc1ccc(CCCONC(=O)OC(C)(C)C)cc1)C(=O)OCC)CC(=O)OCC. The number of carbonyl (C=O) groups excluding carboxylic acids is 6. The van der Waals surface area contributed by atoms with Gasteiger partial charge in [0.2, 0.25) is 0 Å². The molecule has 1 N–H and O–H groups in total. The molecule has 58 heavy (non-hydrogen) atoms. The number of benzene rings is 1. The van der Waals surface area contributed by atoms with Gasteiger partial charge in [0, 0.05) is 26.2 Å². The Morgan fingerprint density at radius 2 is 1.10 bits per heavy atom. The summed E-state index contributed by atoms with van der Waals surface area (Å²) in [5, 5.41) is 0. The van der Waals surface area contributed by atoms with E-state index in [1.807, 2.05) is 41.3 Å². The number of carbonyl (C=O) groups is 6. The molecular formula is C41H66N4O13. The van der Waals surface area contributed by atoms with Crippen LogP contribution in [0.5, 0.6) is 0 Å². The maximum atomic E-state index is 13.6. The lowest BCUT2D eigenvalue weighted by atomic mass is 10.1. The van der Waals surface area contributed by atoms with E-state index in [9.17, 15) is 28.8 Å². The van der Waals surface area contributed by atoms with Crippen molar-refractivity contribution >= 4 is 42.0 Å². The van der Waals surface area contributed by atoms with E-state index >= 15 is 0 Å². The minimum absolute atomic E-state index is 0.131. The van der Waals surface area contributed by atoms with Gasteiger partial charge in [-0.1, -0.05) is 36.4 Å². The molecular weight excluding hydrogens is 756 g/mol. The van der Waals surface area contributed by atoms with Crippen LogP contribution < -0.4 is 5.48 Å². The van der Waals surface area contributed by atoms with Gasteiger partial charge < -0.3 is 28.4 Å². The second-order valence-electron chi connectivity index (χ2n) is 13.9. The van der Waals surface area contributed by atoms with E-state index in [4.69, 9.17) is 33.3 Å². The maximum Gasteiger partial charge on any atom is 0.431 e. The van der Waals surface area contributed by atoms with Crippen molar-refractivity contribution in [2.75, 3.05) is 92.0 Å². The highest BCUT2D eigenvalue weighted by Crippen LogP contribution is 2.14. The largest absolute Gasteiger partial charge is 0.465 e. The molecule has 1 aromatic carbocycles. The first-order chi connectivity index (χ1) is 27.6. The summed E-state index contributed by atoms with van der Waals surface area (Å²) in [4.78, 5) is 85.6. The maximum absolute atomic E-state index is 13.6. The Morgan fingerprint density at radius 1 is 0.655 bits per heavy atom. The molecule has 1 amide bonds. The van der Waals surface area contributed by atoms with Gasteiger partial charge in [0.05, 0.1) is 65.8 Å². The van der Waals surface area contributed by atoms with Crippen molar-refractivity contribution < 1.29 is 62.0 Å². The number of nitrogens with zero attached hydrogens (tertiary/aromatic N) is 3. The van der Waals surface area contributed by atoms with Gasteiger partial charge in [0.15, 0.2) is 0 Å². The van der Waals surface area contributed by atoms with Crippen LogP contribution in [0.1, 0.15) is 79.4 Å². The molecule has 0 radical (unpaired) electrons. The Hall–Kier alpha value is -4.58. The molecule has 0 saturated carbocycles. The summed E-state index contributed by atoms with van der Waals surface area (Å²) in [5.74, 6) is -2.57. The van der Waals surface area contributed by atoms with Crippen LogP contribution in [-0.4, -0.2) is 154 Å².